The van der Waals surface area contributed by atoms with E-state index in [0.717, 1.165) is 53.0 Å². The number of nitrogens with zero attached hydrogens (tertiary/aromatic N) is 5. The summed E-state index contributed by atoms with van der Waals surface area (Å²) in [7, 11) is 1.86. The van der Waals surface area contributed by atoms with E-state index in [-0.39, 0.29) is 11.6 Å². The molecule has 6 rings (SSSR count). The zero-order chi connectivity index (χ0) is 25.1. The third-order valence-corrected chi connectivity index (χ3v) is 7.72. The van der Waals surface area contributed by atoms with Gasteiger partial charge in [-0.3, -0.25) is 9.36 Å². The summed E-state index contributed by atoms with van der Waals surface area (Å²) in [6.07, 6.45) is 7.58. The van der Waals surface area contributed by atoms with Crippen molar-refractivity contribution in [3.8, 4) is 28.3 Å². The predicted molar refractivity (Wildman–Crippen MR) is 135 cm³/mol. The van der Waals surface area contributed by atoms with Gasteiger partial charge >= 0.3 is 0 Å². The fourth-order valence-corrected chi connectivity index (χ4v) is 5.70. The predicted octanol–water partition coefficient (Wildman–Crippen LogP) is 4.26. The zero-order valence-electron chi connectivity index (χ0n) is 20.4. The van der Waals surface area contributed by atoms with E-state index >= 15 is 0 Å². The molecular formula is C26H27FN6O2S. The Morgan fingerprint density at radius 2 is 2.06 bits per heavy atom. The molecular weight excluding hydrogens is 479 g/mol. The molecule has 1 fully saturated rings. The number of rotatable bonds is 3. The Morgan fingerprint density at radius 1 is 1.25 bits per heavy atom. The molecule has 36 heavy (non-hydrogen) atoms. The maximum Gasteiger partial charge on any atom is 0.266 e. The van der Waals surface area contributed by atoms with Crippen LogP contribution in [0.4, 0.5) is 10.2 Å². The van der Waals surface area contributed by atoms with Crippen molar-refractivity contribution in [1.29, 1.82) is 0 Å². The van der Waals surface area contributed by atoms with Crippen molar-refractivity contribution in [1.82, 2.24) is 24.5 Å². The number of anilines is 1. The third kappa shape index (κ3) is 4.04. The van der Waals surface area contributed by atoms with Gasteiger partial charge in [0.2, 0.25) is 0 Å². The Labute approximate surface area is 211 Å². The summed E-state index contributed by atoms with van der Waals surface area (Å²) in [5.41, 5.74) is 11.8. The molecule has 2 bridgehead atoms. The van der Waals surface area contributed by atoms with Crippen molar-refractivity contribution in [3.63, 3.8) is 0 Å². The summed E-state index contributed by atoms with van der Waals surface area (Å²) in [5.74, 6) is 0.845. The first-order valence-corrected chi connectivity index (χ1v) is 13.5. The fourth-order valence-electron chi connectivity index (χ4n) is 4.97. The molecule has 4 heterocycles. The average Bonchev–Trinajstić information content (AvgIpc) is 3.47. The highest BCUT2D eigenvalue weighted by Gasteiger charge is 2.32. The molecule has 1 aromatic carbocycles. The summed E-state index contributed by atoms with van der Waals surface area (Å²) in [5, 5.41) is 10.1. The lowest BCUT2D eigenvalue weighted by atomic mass is 9.94. The van der Waals surface area contributed by atoms with Crippen LogP contribution in [-0.2, 0) is 31.2 Å². The maximum atomic E-state index is 14.4. The van der Waals surface area contributed by atoms with Gasteiger partial charge < -0.3 is 15.0 Å². The number of nitrogen functional groups attached to an aromatic ring is 1. The van der Waals surface area contributed by atoms with Crippen molar-refractivity contribution in [2.75, 3.05) is 12.0 Å². The molecule has 2 N–H and O–H groups in total. The van der Waals surface area contributed by atoms with Crippen LogP contribution in [0, 0.1) is 11.7 Å². The first-order valence-electron chi connectivity index (χ1n) is 12.0. The fraction of sp³-hybridized carbons (Fsp3) is 0.346. The summed E-state index contributed by atoms with van der Waals surface area (Å²) in [4.78, 5) is 4.42. The quantitative estimate of drug-likeness (QED) is 0.416. The van der Waals surface area contributed by atoms with E-state index in [1.54, 1.807) is 23.2 Å². The van der Waals surface area contributed by atoms with Gasteiger partial charge in [-0.05, 0) is 49.9 Å². The van der Waals surface area contributed by atoms with Gasteiger partial charge in [-0.25, -0.2) is 9.37 Å². The van der Waals surface area contributed by atoms with Crippen LogP contribution in [0.15, 0.2) is 41.7 Å². The van der Waals surface area contributed by atoms with Crippen LogP contribution in [-0.4, -0.2) is 35.4 Å². The van der Waals surface area contributed by atoms with Gasteiger partial charge in [0.15, 0.2) is 11.6 Å². The highest BCUT2D eigenvalue weighted by molar-refractivity contribution is 7.90. The van der Waals surface area contributed by atoms with Crippen molar-refractivity contribution >= 4 is 17.0 Å². The minimum Gasteiger partial charge on any atom is -0.610 e. The SMILES string of the molecule is C[C@H]1Oc2cc(cnc2N)-c2c(c([S+](C)[O-])nn2CC2CC2)Cc2cn(C)nc2-c2ccc(F)cc21. The molecule has 1 aliphatic heterocycles. The molecule has 2 atom stereocenters. The van der Waals surface area contributed by atoms with Gasteiger partial charge in [0.05, 0.1) is 17.0 Å². The Bertz CT molecular complexity index is 1480. The van der Waals surface area contributed by atoms with Gasteiger partial charge in [0.1, 0.15) is 18.2 Å². The van der Waals surface area contributed by atoms with Crippen LogP contribution in [0.1, 0.15) is 42.6 Å². The number of fused-ring (bicyclic) bond motifs is 7. The summed E-state index contributed by atoms with van der Waals surface area (Å²) in [6, 6.07) is 6.49. The highest BCUT2D eigenvalue weighted by Crippen LogP contribution is 2.41. The molecule has 1 unspecified atom stereocenters. The molecule has 186 valence electrons. The number of hydrogen-bond acceptors (Lipinski definition) is 6. The largest absolute Gasteiger partial charge is 0.610 e. The number of nitrogens with two attached hydrogens (primary N) is 1. The van der Waals surface area contributed by atoms with Gasteiger partial charge in [-0.15, -0.1) is 5.10 Å². The van der Waals surface area contributed by atoms with Crippen LogP contribution in [0.2, 0.25) is 0 Å². The Hall–Kier alpha value is -3.37. The van der Waals surface area contributed by atoms with Crippen molar-refractivity contribution in [2.45, 2.75) is 43.9 Å². The molecule has 0 saturated heterocycles. The number of hydrogen-bond donors (Lipinski definition) is 1. The number of pyridine rings is 1. The average molecular weight is 507 g/mol. The van der Waals surface area contributed by atoms with Crippen LogP contribution < -0.4 is 10.5 Å². The standard InChI is InChI=1S/C26H27FN6O2S/c1-14-20-10-18(27)6-7-19(20)23-17(13-32(2)30-23)8-21-24(16-9-22(35-14)25(28)29-11-16)33(12-15-4-5-15)31-26(21)36(3)34/h6-7,9-11,13-15H,4-5,8,12H2,1-3H3,(H2,28,29)/t14-,36?/m1/s1. The Morgan fingerprint density at radius 3 is 2.81 bits per heavy atom. The van der Waals surface area contributed by atoms with E-state index in [2.05, 4.69) is 4.98 Å². The minimum atomic E-state index is -1.31. The molecule has 10 heteroatoms. The van der Waals surface area contributed by atoms with Gasteiger partial charge in [0.25, 0.3) is 5.03 Å². The molecule has 0 amide bonds. The van der Waals surface area contributed by atoms with Gasteiger partial charge in [-0.1, -0.05) is 0 Å². The number of halogens is 1. The van der Waals surface area contributed by atoms with Crippen molar-refractivity contribution in [2.24, 2.45) is 13.0 Å². The topological polar surface area (TPSA) is 107 Å². The second-order valence-corrected chi connectivity index (χ2v) is 11.0. The highest BCUT2D eigenvalue weighted by atomic mass is 32.2. The lowest BCUT2D eigenvalue weighted by Crippen LogP contribution is -2.10. The molecule has 1 aliphatic carbocycles. The first kappa shape index (κ1) is 23.1. The van der Waals surface area contributed by atoms with E-state index in [0.29, 0.717) is 28.7 Å². The Kier molecular flexibility index (Phi) is 5.53. The summed E-state index contributed by atoms with van der Waals surface area (Å²) >= 11 is -1.31. The molecule has 4 aromatic rings. The number of ether oxygens (including phenoxy) is 1. The molecule has 2 aliphatic rings. The Balaban J connectivity index is 1.65. The molecule has 0 radical (unpaired) electrons. The number of aromatic nitrogens is 5. The van der Waals surface area contributed by atoms with Crippen LogP contribution >= 0.6 is 0 Å². The molecule has 3 aromatic heterocycles. The molecule has 1 saturated carbocycles. The van der Waals surface area contributed by atoms with Crippen molar-refractivity contribution in [3.05, 3.63) is 59.2 Å². The molecule has 0 spiro atoms. The molecule has 8 nitrogen and oxygen atoms in total. The smallest absolute Gasteiger partial charge is 0.266 e. The normalized spacial score (nSPS) is 17.8. The zero-order valence-corrected chi connectivity index (χ0v) is 21.2. The van der Waals surface area contributed by atoms with E-state index in [4.69, 9.17) is 20.7 Å². The van der Waals surface area contributed by atoms with Crippen molar-refractivity contribution < 1.29 is 13.7 Å². The second-order valence-electron chi connectivity index (χ2n) is 9.66. The van der Waals surface area contributed by atoms with Crippen LogP contribution in [0.3, 0.4) is 0 Å². The third-order valence-electron chi connectivity index (χ3n) is 6.85. The van der Waals surface area contributed by atoms with E-state index in [1.165, 1.54) is 12.1 Å². The van der Waals surface area contributed by atoms with Crippen LogP contribution in [0.25, 0.3) is 22.5 Å². The lowest BCUT2D eigenvalue weighted by Gasteiger charge is -2.21. The minimum absolute atomic E-state index is 0.244. The summed E-state index contributed by atoms with van der Waals surface area (Å²) in [6.45, 7) is 2.61. The van der Waals surface area contributed by atoms with Gasteiger partial charge in [-0.2, -0.15) is 5.10 Å². The van der Waals surface area contributed by atoms with Gasteiger partial charge in [0, 0.05) is 65.8 Å². The number of benzene rings is 1. The summed E-state index contributed by atoms with van der Waals surface area (Å²) < 4.78 is 37.3. The van der Waals surface area contributed by atoms with E-state index < -0.39 is 17.3 Å². The maximum absolute atomic E-state index is 14.4. The second kappa shape index (κ2) is 8.63. The monoisotopic (exact) mass is 506 g/mol. The first-order chi connectivity index (χ1) is 17.3. The van der Waals surface area contributed by atoms with Crippen LogP contribution in [0.5, 0.6) is 5.75 Å². The number of aryl methyl sites for hydroxylation is 1. The van der Waals surface area contributed by atoms with E-state index in [9.17, 15) is 8.94 Å². The van der Waals surface area contributed by atoms with E-state index in [1.807, 2.05) is 30.9 Å². The lowest BCUT2D eigenvalue weighted by molar-refractivity contribution is 0.227.